The molecule has 2 aromatic carbocycles. The molecule has 0 fully saturated rings. The highest BCUT2D eigenvalue weighted by atomic mass is 16.5. The Kier molecular flexibility index (Phi) is 5.21. The van der Waals surface area contributed by atoms with Crippen LogP contribution in [-0.4, -0.2) is 12.5 Å². The lowest BCUT2D eigenvalue weighted by Gasteiger charge is -2.12. The van der Waals surface area contributed by atoms with Gasteiger partial charge in [-0.2, -0.15) is 0 Å². The Morgan fingerprint density at radius 2 is 1.67 bits per heavy atom. The fourth-order valence-electron chi connectivity index (χ4n) is 1.80. The summed E-state index contributed by atoms with van der Waals surface area (Å²) in [5, 5.41) is 2.82. The smallest absolute Gasteiger partial charge is 0.224 e. The van der Waals surface area contributed by atoms with E-state index in [-0.39, 0.29) is 5.91 Å². The number of hydrogen-bond acceptors (Lipinski definition) is 3. The lowest BCUT2D eigenvalue weighted by Crippen LogP contribution is -2.10. The summed E-state index contributed by atoms with van der Waals surface area (Å²) in [6.07, 6.45) is 0.428. The van der Waals surface area contributed by atoms with Gasteiger partial charge in [-0.05, 0) is 43.3 Å². The molecule has 0 saturated carbocycles. The van der Waals surface area contributed by atoms with Crippen molar-refractivity contribution in [1.82, 2.24) is 0 Å². The standard InChI is InChI=1S/C17H19NO3/c1-3-17(19)18-15-7-5-6-8-16(15)21-14-11-9-13(10-12-14)20-4-2/h5-12H,3-4H2,1-2H3,(H,18,19). The number of rotatable bonds is 6. The molecular weight excluding hydrogens is 266 g/mol. The van der Waals surface area contributed by atoms with E-state index in [0.717, 1.165) is 5.75 Å². The molecule has 2 aromatic rings. The molecule has 0 spiro atoms. The first kappa shape index (κ1) is 14.9. The molecule has 0 saturated heterocycles. The molecule has 0 aliphatic carbocycles. The molecule has 0 radical (unpaired) electrons. The summed E-state index contributed by atoms with van der Waals surface area (Å²) in [5.41, 5.74) is 0.665. The molecule has 0 unspecified atom stereocenters. The number of carbonyl (C=O) groups excluding carboxylic acids is 1. The van der Waals surface area contributed by atoms with Gasteiger partial charge in [0.1, 0.15) is 11.5 Å². The Bertz CT molecular complexity index is 593. The Hall–Kier alpha value is -2.49. The predicted octanol–water partition coefficient (Wildman–Crippen LogP) is 4.23. The number of nitrogens with one attached hydrogen (secondary N) is 1. The van der Waals surface area contributed by atoms with Crippen molar-refractivity contribution in [2.75, 3.05) is 11.9 Å². The molecule has 0 aliphatic heterocycles. The average Bonchev–Trinajstić information content (AvgIpc) is 2.51. The maximum atomic E-state index is 11.5. The predicted molar refractivity (Wildman–Crippen MR) is 83.0 cm³/mol. The number of amides is 1. The fraction of sp³-hybridized carbons (Fsp3) is 0.235. The molecule has 110 valence electrons. The van der Waals surface area contributed by atoms with E-state index in [1.54, 1.807) is 0 Å². The third-order valence-electron chi connectivity index (χ3n) is 2.84. The monoisotopic (exact) mass is 285 g/mol. The van der Waals surface area contributed by atoms with Gasteiger partial charge in [0, 0.05) is 6.42 Å². The van der Waals surface area contributed by atoms with Crippen molar-refractivity contribution in [1.29, 1.82) is 0 Å². The zero-order valence-electron chi connectivity index (χ0n) is 12.3. The van der Waals surface area contributed by atoms with E-state index in [1.165, 1.54) is 0 Å². The molecule has 0 aromatic heterocycles. The zero-order chi connectivity index (χ0) is 15.1. The van der Waals surface area contributed by atoms with Crippen molar-refractivity contribution in [3.8, 4) is 17.2 Å². The van der Waals surface area contributed by atoms with E-state index in [9.17, 15) is 4.79 Å². The summed E-state index contributed by atoms with van der Waals surface area (Å²) >= 11 is 0. The van der Waals surface area contributed by atoms with Crippen LogP contribution in [-0.2, 0) is 4.79 Å². The minimum Gasteiger partial charge on any atom is -0.494 e. The van der Waals surface area contributed by atoms with E-state index >= 15 is 0 Å². The Morgan fingerprint density at radius 3 is 2.33 bits per heavy atom. The number of benzene rings is 2. The SMILES string of the molecule is CCOc1ccc(Oc2ccccc2NC(=O)CC)cc1. The topological polar surface area (TPSA) is 47.6 Å². The molecule has 1 amide bonds. The van der Waals surface area contributed by atoms with Gasteiger partial charge in [0.2, 0.25) is 5.91 Å². The molecule has 4 nitrogen and oxygen atoms in total. The van der Waals surface area contributed by atoms with Crippen LogP contribution in [0.25, 0.3) is 0 Å². The molecule has 21 heavy (non-hydrogen) atoms. The van der Waals surface area contributed by atoms with Crippen molar-refractivity contribution < 1.29 is 14.3 Å². The van der Waals surface area contributed by atoms with Gasteiger partial charge in [-0.25, -0.2) is 0 Å². The van der Waals surface area contributed by atoms with Crippen molar-refractivity contribution in [3.63, 3.8) is 0 Å². The van der Waals surface area contributed by atoms with E-state index < -0.39 is 0 Å². The normalized spacial score (nSPS) is 10.0. The second-order valence-electron chi connectivity index (χ2n) is 4.40. The van der Waals surface area contributed by atoms with Crippen molar-refractivity contribution >= 4 is 11.6 Å². The Morgan fingerprint density at radius 1 is 1.00 bits per heavy atom. The average molecular weight is 285 g/mol. The second kappa shape index (κ2) is 7.33. The molecule has 0 bridgehead atoms. The first-order chi connectivity index (χ1) is 10.2. The first-order valence-electron chi connectivity index (χ1n) is 7.02. The second-order valence-corrected chi connectivity index (χ2v) is 4.40. The largest absolute Gasteiger partial charge is 0.494 e. The van der Waals surface area contributed by atoms with Crippen LogP contribution < -0.4 is 14.8 Å². The molecular formula is C17H19NO3. The van der Waals surface area contributed by atoms with Gasteiger partial charge in [0.05, 0.1) is 12.3 Å². The van der Waals surface area contributed by atoms with E-state index in [0.29, 0.717) is 30.2 Å². The zero-order valence-corrected chi connectivity index (χ0v) is 12.3. The van der Waals surface area contributed by atoms with Crippen LogP contribution in [0.4, 0.5) is 5.69 Å². The van der Waals surface area contributed by atoms with Gasteiger partial charge >= 0.3 is 0 Å². The van der Waals surface area contributed by atoms with Crippen LogP contribution >= 0.6 is 0 Å². The fourth-order valence-corrected chi connectivity index (χ4v) is 1.80. The molecule has 0 aliphatic rings. The highest BCUT2D eigenvalue weighted by Crippen LogP contribution is 2.30. The number of anilines is 1. The Labute approximate surface area is 124 Å². The van der Waals surface area contributed by atoms with Crippen LogP contribution in [0.5, 0.6) is 17.2 Å². The Balaban J connectivity index is 2.13. The van der Waals surface area contributed by atoms with Crippen molar-refractivity contribution in [2.45, 2.75) is 20.3 Å². The van der Waals surface area contributed by atoms with Gasteiger partial charge in [0.15, 0.2) is 5.75 Å². The van der Waals surface area contributed by atoms with Crippen LogP contribution in [0.3, 0.4) is 0 Å². The molecule has 0 atom stereocenters. The summed E-state index contributed by atoms with van der Waals surface area (Å²) in [7, 11) is 0. The number of para-hydroxylation sites is 2. The van der Waals surface area contributed by atoms with Gasteiger partial charge < -0.3 is 14.8 Å². The highest BCUT2D eigenvalue weighted by molar-refractivity contribution is 5.92. The lowest BCUT2D eigenvalue weighted by molar-refractivity contribution is -0.115. The molecule has 0 heterocycles. The summed E-state index contributed by atoms with van der Waals surface area (Å²) < 4.78 is 11.2. The van der Waals surface area contributed by atoms with Crippen LogP contribution in [0, 0.1) is 0 Å². The third-order valence-corrected chi connectivity index (χ3v) is 2.84. The van der Waals surface area contributed by atoms with E-state index in [2.05, 4.69) is 5.32 Å². The maximum Gasteiger partial charge on any atom is 0.224 e. The third kappa shape index (κ3) is 4.24. The van der Waals surface area contributed by atoms with E-state index in [1.807, 2.05) is 62.4 Å². The quantitative estimate of drug-likeness (QED) is 0.864. The number of ether oxygens (including phenoxy) is 2. The van der Waals surface area contributed by atoms with Gasteiger partial charge in [-0.15, -0.1) is 0 Å². The van der Waals surface area contributed by atoms with Gasteiger partial charge in [-0.3, -0.25) is 4.79 Å². The van der Waals surface area contributed by atoms with Gasteiger partial charge in [-0.1, -0.05) is 19.1 Å². The first-order valence-corrected chi connectivity index (χ1v) is 7.02. The van der Waals surface area contributed by atoms with Crippen LogP contribution in [0.2, 0.25) is 0 Å². The lowest BCUT2D eigenvalue weighted by atomic mass is 10.2. The number of hydrogen-bond donors (Lipinski definition) is 1. The minimum atomic E-state index is -0.0438. The van der Waals surface area contributed by atoms with Crippen LogP contribution in [0.15, 0.2) is 48.5 Å². The van der Waals surface area contributed by atoms with Crippen molar-refractivity contribution in [3.05, 3.63) is 48.5 Å². The molecule has 4 heteroatoms. The minimum absolute atomic E-state index is 0.0438. The van der Waals surface area contributed by atoms with Gasteiger partial charge in [0.25, 0.3) is 0 Å². The summed E-state index contributed by atoms with van der Waals surface area (Å²) in [4.78, 5) is 11.5. The van der Waals surface area contributed by atoms with Crippen molar-refractivity contribution in [2.24, 2.45) is 0 Å². The maximum absolute atomic E-state index is 11.5. The van der Waals surface area contributed by atoms with Crippen LogP contribution in [0.1, 0.15) is 20.3 Å². The summed E-state index contributed by atoms with van der Waals surface area (Å²) in [5.74, 6) is 2.07. The highest BCUT2D eigenvalue weighted by Gasteiger charge is 2.07. The summed E-state index contributed by atoms with van der Waals surface area (Å²) in [6, 6.07) is 14.7. The number of carbonyl (C=O) groups is 1. The summed E-state index contributed by atoms with van der Waals surface area (Å²) in [6.45, 7) is 4.38. The molecule has 1 N–H and O–H groups in total. The molecule has 2 rings (SSSR count). The van der Waals surface area contributed by atoms with E-state index in [4.69, 9.17) is 9.47 Å².